The van der Waals surface area contributed by atoms with Crippen molar-refractivity contribution in [2.75, 3.05) is 37.5 Å². The monoisotopic (exact) mass is 464 g/mol. The average Bonchev–Trinajstić information content (AvgIpc) is 3.42. The van der Waals surface area contributed by atoms with Gasteiger partial charge in [-0.2, -0.15) is 0 Å². The third-order valence-electron chi connectivity index (χ3n) is 5.59. The molecule has 1 amide bonds. The number of aromatic nitrogens is 2. The van der Waals surface area contributed by atoms with Crippen molar-refractivity contribution >= 4 is 33.6 Å². The minimum Gasteiger partial charge on any atom is -0.497 e. The van der Waals surface area contributed by atoms with E-state index in [-0.39, 0.29) is 12.3 Å². The van der Waals surface area contributed by atoms with Gasteiger partial charge in [-0.25, -0.2) is 4.98 Å². The first-order chi connectivity index (χ1) is 16.1. The smallest absolute Gasteiger partial charge is 0.230 e. The van der Waals surface area contributed by atoms with Crippen LogP contribution in [0.15, 0.2) is 54.0 Å². The highest BCUT2D eigenvalue weighted by atomic mass is 32.1. The van der Waals surface area contributed by atoms with Crippen LogP contribution in [0.2, 0.25) is 0 Å². The van der Waals surface area contributed by atoms with Crippen LogP contribution in [0.4, 0.5) is 11.4 Å². The summed E-state index contributed by atoms with van der Waals surface area (Å²) in [6.45, 7) is 6.16. The van der Waals surface area contributed by atoms with E-state index in [1.165, 1.54) is 11.3 Å². The molecule has 0 saturated carbocycles. The van der Waals surface area contributed by atoms with E-state index in [0.717, 1.165) is 52.1 Å². The van der Waals surface area contributed by atoms with Gasteiger partial charge in [0.1, 0.15) is 11.5 Å². The van der Waals surface area contributed by atoms with Crippen LogP contribution in [-0.2, 0) is 11.2 Å². The molecule has 4 aromatic rings. The van der Waals surface area contributed by atoms with E-state index >= 15 is 0 Å². The van der Waals surface area contributed by atoms with Crippen molar-refractivity contribution in [2.45, 2.75) is 20.3 Å². The second-order valence-electron chi connectivity index (χ2n) is 7.52. The molecule has 0 aliphatic rings. The average molecular weight is 465 g/mol. The van der Waals surface area contributed by atoms with E-state index in [0.29, 0.717) is 5.75 Å². The minimum absolute atomic E-state index is 0.0699. The Morgan fingerprint density at radius 3 is 2.52 bits per heavy atom. The molecule has 33 heavy (non-hydrogen) atoms. The number of methoxy groups -OCH3 is 2. The highest BCUT2D eigenvalue weighted by molar-refractivity contribution is 7.15. The van der Waals surface area contributed by atoms with Crippen LogP contribution in [0.1, 0.15) is 19.5 Å². The van der Waals surface area contributed by atoms with E-state index in [9.17, 15) is 4.79 Å². The number of rotatable bonds is 9. The van der Waals surface area contributed by atoms with Crippen LogP contribution in [0, 0.1) is 0 Å². The van der Waals surface area contributed by atoms with Crippen molar-refractivity contribution in [1.82, 2.24) is 9.38 Å². The molecule has 2 aromatic heterocycles. The molecular weight excluding hydrogens is 436 g/mol. The Bertz CT molecular complexity index is 1240. The maximum absolute atomic E-state index is 12.7. The van der Waals surface area contributed by atoms with E-state index in [2.05, 4.69) is 24.1 Å². The normalized spacial score (nSPS) is 10.9. The number of amides is 1. The fraction of sp³-hybridized carbons (Fsp3) is 0.280. The van der Waals surface area contributed by atoms with Crippen molar-refractivity contribution in [3.05, 3.63) is 59.7 Å². The number of benzene rings is 2. The molecule has 0 spiro atoms. The lowest BCUT2D eigenvalue weighted by Gasteiger charge is -2.21. The van der Waals surface area contributed by atoms with E-state index < -0.39 is 0 Å². The van der Waals surface area contributed by atoms with Crippen LogP contribution in [0.3, 0.4) is 0 Å². The first-order valence-corrected chi connectivity index (χ1v) is 11.8. The topological polar surface area (TPSA) is 68.1 Å². The Morgan fingerprint density at radius 1 is 1.09 bits per heavy atom. The fourth-order valence-corrected chi connectivity index (χ4v) is 4.69. The molecule has 0 bridgehead atoms. The molecule has 0 fully saturated rings. The van der Waals surface area contributed by atoms with Gasteiger partial charge in [-0.1, -0.05) is 0 Å². The number of carbonyl (C=O) groups is 1. The predicted molar refractivity (Wildman–Crippen MR) is 134 cm³/mol. The number of nitrogens with zero attached hydrogens (tertiary/aromatic N) is 3. The second-order valence-corrected chi connectivity index (χ2v) is 8.35. The quantitative estimate of drug-likeness (QED) is 0.373. The van der Waals surface area contributed by atoms with Gasteiger partial charge < -0.3 is 19.7 Å². The second kappa shape index (κ2) is 9.95. The van der Waals surface area contributed by atoms with Gasteiger partial charge in [0.15, 0.2) is 4.96 Å². The van der Waals surface area contributed by atoms with Gasteiger partial charge in [-0.3, -0.25) is 9.20 Å². The largest absolute Gasteiger partial charge is 0.497 e. The number of hydrogen-bond acceptors (Lipinski definition) is 6. The van der Waals surface area contributed by atoms with Gasteiger partial charge >= 0.3 is 0 Å². The molecule has 8 heteroatoms. The third-order valence-corrected chi connectivity index (χ3v) is 6.48. The maximum Gasteiger partial charge on any atom is 0.230 e. The van der Waals surface area contributed by atoms with E-state index in [1.54, 1.807) is 14.2 Å². The summed E-state index contributed by atoms with van der Waals surface area (Å²) in [5, 5.41) is 4.97. The lowest BCUT2D eigenvalue weighted by atomic mass is 10.1. The lowest BCUT2D eigenvalue weighted by Crippen LogP contribution is -2.21. The molecule has 0 aliphatic heterocycles. The molecule has 0 aliphatic carbocycles. The molecule has 7 nitrogen and oxygen atoms in total. The van der Waals surface area contributed by atoms with E-state index in [4.69, 9.17) is 14.5 Å². The van der Waals surface area contributed by atoms with Crippen molar-refractivity contribution in [1.29, 1.82) is 0 Å². The van der Waals surface area contributed by atoms with Gasteiger partial charge in [0.2, 0.25) is 5.91 Å². The Kier molecular flexibility index (Phi) is 6.84. The zero-order chi connectivity index (χ0) is 23.4. The Morgan fingerprint density at radius 2 is 1.85 bits per heavy atom. The number of hydrogen-bond donors (Lipinski definition) is 1. The number of thiazole rings is 1. The van der Waals surface area contributed by atoms with Gasteiger partial charge in [0.25, 0.3) is 0 Å². The summed E-state index contributed by atoms with van der Waals surface area (Å²) in [6, 6.07) is 13.6. The van der Waals surface area contributed by atoms with Crippen molar-refractivity contribution in [3.8, 4) is 22.8 Å². The summed E-state index contributed by atoms with van der Waals surface area (Å²) in [4.78, 5) is 20.5. The first kappa shape index (κ1) is 22.7. The number of fused-ring (bicyclic) bond motifs is 1. The lowest BCUT2D eigenvalue weighted by molar-refractivity contribution is -0.115. The van der Waals surface area contributed by atoms with Crippen LogP contribution >= 0.6 is 11.3 Å². The predicted octanol–water partition coefficient (Wildman–Crippen LogP) is 5.11. The molecule has 4 rings (SSSR count). The van der Waals surface area contributed by atoms with Crippen LogP contribution in [-0.4, -0.2) is 42.6 Å². The Hall–Kier alpha value is -3.52. The number of carbonyl (C=O) groups excluding carboxylic acids is 1. The molecule has 0 atom stereocenters. The maximum atomic E-state index is 12.7. The van der Waals surface area contributed by atoms with Gasteiger partial charge in [0.05, 0.1) is 26.3 Å². The van der Waals surface area contributed by atoms with Crippen LogP contribution in [0.25, 0.3) is 16.2 Å². The van der Waals surface area contributed by atoms with Gasteiger partial charge in [-0.05, 0) is 56.3 Å². The molecule has 2 heterocycles. The Labute approximate surface area is 197 Å². The SMILES string of the molecule is CCN(CC)c1ccc(NC(=O)Cc2csc3nc(-c4cc(OC)ccc4OC)cn23)cc1. The zero-order valence-corrected chi connectivity index (χ0v) is 20.1. The summed E-state index contributed by atoms with van der Waals surface area (Å²) in [6.07, 6.45) is 2.19. The van der Waals surface area contributed by atoms with Gasteiger partial charge in [0, 0.05) is 47.3 Å². The first-order valence-electron chi connectivity index (χ1n) is 10.9. The number of nitrogens with one attached hydrogen (secondary N) is 1. The standard InChI is InChI=1S/C25H28N4O3S/c1-5-28(6-2)18-9-7-17(8-10-18)26-24(30)13-19-16-33-25-27-22(15-29(19)25)21-14-20(31-3)11-12-23(21)32-4/h7-12,14-16H,5-6,13H2,1-4H3,(H,26,30). The molecule has 0 radical (unpaired) electrons. The van der Waals surface area contributed by atoms with Crippen molar-refractivity contribution < 1.29 is 14.3 Å². The number of anilines is 2. The zero-order valence-electron chi connectivity index (χ0n) is 19.3. The van der Waals surface area contributed by atoms with Crippen LogP contribution < -0.4 is 19.7 Å². The summed E-state index contributed by atoms with van der Waals surface area (Å²) < 4.78 is 12.8. The summed E-state index contributed by atoms with van der Waals surface area (Å²) in [5.41, 5.74) is 4.43. The molecule has 0 unspecified atom stereocenters. The van der Waals surface area contributed by atoms with Crippen LogP contribution in [0.5, 0.6) is 11.5 Å². The highest BCUT2D eigenvalue weighted by Crippen LogP contribution is 2.34. The number of imidazole rings is 1. The van der Waals surface area contributed by atoms with E-state index in [1.807, 2.05) is 58.4 Å². The summed E-state index contributed by atoms with van der Waals surface area (Å²) >= 11 is 1.51. The number of ether oxygens (including phenoxy) is 2. The molecule has 0 saturated heterocycles. The Balaban J connectivity index is 1.51. The summed E-state index contributed by atoms with van der Waals surface area (Å²) in [7, 11) is 3.26. The van der Waals surface area contributed by atoms with Crippen molar-refractivity contribution in [2.24, 2.45) is 0 Å². The molecule has 1 N–H and O–H groups in total. The third kappa shape index (κ3) is 4.80. The summed E-state index contributed by atoms with van der Waals surface area (Å²) in [5.74, 6) is 1.38. The minimum atomic E-state index is -0.0699. The molecule has 2 aromatic carbocycles. The van der Waals surface area contributed by atoms with Crippen molar-refractivity contribution in [3.63, 3.8) is 0 Å². The molecular formula is C25H28N4O3S. The molecule has 172 valence electrons. The van der Waals surface area contributed by atoms with Gasteiger partial charge in [-0.15, -0.1) is 11.3 Å². The fourth-order valence-electron chi connectivity index (χ4n) is 3.81. The highest BCUT2D eigenvalue weighted by Gasteiger charge is 2.16.